The number of fused-ring (bicyclic) bond motifs is 1. The first-order valence-corrected chi connectivity index (χ1v) is 7.28. The summed E-state index contributed by atoms with van der Waals surface area (Å²) >= 11 is 6.10. The molecule has 3 heterocycles. The molecule has 0 N–H and O–H groups in total. The summed E-state index contributed by atoms with van der Waals surface area (Å²) in [6.45, 7) is 4.98. The molecule has 1 aromatic heterocycles. The molecule has 0 saturated carbocycles. The molecule has 0 unspecified atom stereocenters. The second-order valence-corrected chi connectivity index (χ2v) is 5.84. The molecule has 0 aliphatic carbocycles. The fraction of sp³-hybridized carbons (Fsp3) is 0.643. The minimum absolute atomic E-state index is 0.451. The van der Waals surface area contributed by atoms with Gasteiger partial charge in [-0.1, -0.05) is 11.6 Å². The number of nitrogens with zero attached hydrogens (tertiary/aromatic N) is 3. The number of anilines is 2. The van der Waals surface area contributed by atoms with Gasteiger partial charge in [-0.3, -0.25) is 0 Å². The van der Waals surface area contributed by atoms with Crippen LogP contribution < -0.4 is 9.80 Å². The Bertz CT molecular complexity index is 462. The Balaban J connectivity index is 1.99. The van der Waals surface area contributed by atoms with Crippen LogP contribution in [0.2, 0.25) is 5.15 Å². The largest absolute Gasteiger partial charge is 0.381 e. The van der Waals surface area contributed by atoms with E-state index in [1.54, 1.807) is 0 Å². The standard InChI is InChI=1S/C14H20ClN3O/c1-10-9-17(2)12-3-4-13(15)16-14(12)18(10)11-5-7-19-8-6-11/h3-4,10-11H,5-9H2,1-2H3/t10-/m1/s1. The van der Waals surface area contributed by atoms with Gasteiger partial charge in [-0.05, 0) is 31.9 Å². The molecule has 0 radical (unpaired) electrons. The number of likely N-dealkylation sites (N-methyl/N-ethyl adjacent to an activating group) is 1. The second kappa shape index (κ2) is 5.17. The Labute approximate surface area is 119 Å². The molecule has 2 aliphatic heterocycles. The van der Waals surface area contributed by atoms with Gasteiger partial charge in [-0.25, -0.2) is 4.98 Å². The van der Waals surface area contributed by atoms with Crippen LogP contribution in [0.1, 0.15) is 19.8 Å². The third-order valence-electron chi connectivity index (χ3n) is 4.07. The third kappa shape index (κ3) is 2.39. The summed E-state index contributed by atoms with van der Waals surface area (Å²) in [5, 5.41) is 0.568. The first-order chi connectivity index (χ1) is 9.16. The van der Waals surface area contributed by atoms with E-state index in [0.29, 0.717) is 17.2 Å². The predicted octanol–water partition coefficient (Wildman–Crippen LogP) is 2.56. The fourth-order valence-corrected chi connectivity index (χ4v) is 3.34. The summed E-state index contributed by atoms with van der Waals surface area (Å²) in [6, 6.07) is 4.91. The Kier molecular flexibility index (Phi) is 3.54. The van der Waals surface area contributed by atoms with Crippen molar-refractivity contribution in [3.05, 3.63) is 17.3 Å². The summed E-state index contributed by atoms with van der Waals surface area (Å²) in [7, 11) is 2.12. The molecule has 0 aromatic carbocycles. The summed E-state index contributed by atoms with van der Waals surface area (Å²) in [6.07, 6.45) is 2.14. The van der Waals surface area contributed by atoms with Gasteiger partial charge < -0.3 is 14.5 Å². The molecule has 1 atom stereocenters. The predicted molar refractivity (Wildman–Crippen MR) is 78.3 cm³/mol. The lowest BCUT2D eigenvalue weighted by Gasteiger charge is -2.46. The molecule has 19 heavy (non-hydrogen) atoms. The van der Waals surface area contributed by atoms with E-state index >= 15 is 0 Å². The zero-order valence-electron chi connectivity index (χ0n) is 11.5. The van der Waals surface area contributed by atoms with Crippen molar-refractivity contribution in [2.75, 3.05) is 36.6 Å². The lowest BCUT2D eigenvalue weighted by Crippen LogP contribution is -2.52. The van der Waals surface area contributed by atoms with Crippen LogP contribution in [-0.4, -0.2) is 43.9 Å². The Morgan fingerprint density at radius 3 is 2.79 bits per heavy atom. The van der Waals surface area contributed by atoms with E-state index in [4.69, 9.17) is 16.3 Å². The maximum atomic E-state index is 6.10. The van der Waals surface area contributed by atoms with Crippen molar-refractivity contribution in [1.29, 1.82) is 0 Å². The zero-order chi connectivity index (χ0) is 13.4. The van der Waals surface area contributed by atoms with Crippen molar-refractivity contribution in [2.45, 2.75) is 31.8 Å². The molecular formula is C14H20ClN3O. The van der Waals surface area contributed by atoms with Crippen molar-refractivity contribution in [2.24, 2.45) is 0 Å². The second-order valence-electron chi connectivity index (χ2n) is 5.46. The van der Waals surface area contributed by atoms with Crippen LogP contribution in [0, 0.1) is 0 Å². The number of halogens is 1. The summed E-state index contributed by atoms with van der Waals surface area (Å²) in [5.74, 6) is 1.03. The first kappa shape index (κ1) is 13.0. The lowest BCUT2D eigenvalue weighted by atomic mass is 10.0. The number of pyridine rings is 1. The fourth-order valence-electron chi connectivity index (χ4n) is 3.19. The van der Waals surface area contributed by atoms with E-state index in [1.165, 1.54) is 5.69 Å². The average Bonchev–Trinajstić information content (AvgIpc) is 2.39. The smallest absolute Gasteiger partial charge is 0.154 e. The van der Waals surface area contributed by atoms with Crippen molar-refractivity contribution in [1.82, 2.24) is 4.98 Å². The molecule has 0 amide bonds. The molecule has 104 valence electrons. The number of rotatable bonds is 1. The summed E-state index contributed by atoms with van der Waals surface area (Å²) in [5.41, 5.74) is 1.17. The SMILES string of the molecule is C[C@@H]1CN(C)c2ccc(Cl)nc2N1C1CCOCC1. The number of ether oxygens (including phenoxy) is 1. The number of hydrogen-bond acceptors (Lipinski definition) is 4. The van der Waals surface area contributed by atoms with Gasteiger partial charge in [0.2, 0.25) is 0 Å². The van der Waals surface area contributed by atoms with E-state index in [1.807, 2.05) is 6.07 Å². The lowest BCUT2D eigenvalue weighted by molar-refractivity contribution is 0.0826. The molecule has 3 rings (SSSR count). The Morgan fingerprint density at radius 2 is 2.05 bits per heavy atom. The van der Waals surface area contributed by atoms with Crippen LogP contribution in [-0.2, 0) is 4.74 Å². The van der Waals surface area contributed by atoms with E-state index in [0.717, 1.165) is 38.4 Å². The third-order valence-corrected chi connectivity index (χ3v) is 4.28. The normalized spacial score (nSPS) is 24.5. The van der Waals surface area contributed by atoms with Crippen LogP contribution in [0.3, 0.4) is 0 Å². The van der Waals surface area contributed by atoms with Crippen molar-refractivity contribution in [3.8, 4) is 0 Å². The highest BCUT2D eigenvalue weighted by Crippen LogP contribution is 2.37. The molecule has 1 aromatic rings. The molecule has 0 spiro atoms. The average molecular weight is 282 g/mol. The van der Waals surface area contributed by atoms with Gasteiger partial charge in [0.15, 0.2) is 5.82 Å². The molecule has 1 saturated heterocycles. The van der Waals surface area contributed by atoms with Crippen LogP contribution >= 0.6 is 11.6 Å². The van der Waals surface area contributed by atoms with Gasteiger partial charge in [0.1, 0.15) is 5.15 Å². The molecular weight excluding hydrogens is 262 g/mol. The summed E-state index contributed by atoms with van der Waals surface area (Å²) in [4.78, 5) is 9.29. The van der Waals surface area contributed by atoms with Crippen molar-refractivity contribution >= 4 is 23.1 Å². The van der Waals surface area contributed by atoms with Crippen LogP contribution in [0.25, 0.3) is 0 Å². The monoisotopic (exact) mass is 281 g/mol. The maximum absolute atomic E-state index is 6.10. The van der Waals surface area contributed by atoms with Crippen LogP contribution in [0.4, 0.5) is 11.5 Å². The van der Waals surface area contributed by atoms with Crippen molar-refractivity contribution < 1.29 is 4.74 Å². The molecule has 0 bridgehead atoms. The number of aromatic nitrogens is 1. The Hall–Kier alpha value is -1.00. The zero-order valence-corrected chi connectivity index (χ0v) is 12.2. The molecule has 4 nitrogen and oxygen atoms in total. The topological polar surface area (TPSA) is 28.6 Å². The minimum atomic E-state index is 0.451. The highest BCUT2D eigenvalue weighted by atomic mass is 35.5. The van der Waals surface area contributed by atoms with Gasteiger partial charge in [0, 0.05) is 38.9 Å². The minimum Gasteiger partial charge on any atom is -0.381 e. The van der Waals surface area contributed by atoms with Gasteiger partial charge in [0.25, 0.3) is 0 Å². The van der Waals surface area contributed by atoms with Gasteiger partial charge in [-0.2, -0.15) is 0 Å². The van der Waals surface area contributed by atoms with E-state index < -0.39 is 0 Å². The first-order valence-electron chi connectivity index (χ1n) is 6.90. The molecule has 1 fully saturated rings. The van der Waals surface area contributed by atoms with E-state index in [2.05, 4.69) is 34.8 Å². The quantitative estimate of drug-likeness (QED) is 0.740. The van der Waals surface area contributed by atoms with E-state index in [9.17, 15) is 0 Å². The highest BCUT2D eigenvalue weighted by molar-refractivity contribution is 6.29. The van der Waals surface area contributed by atoms with Crippen LogP contribution in [0.15, 0.2) is 12.1 Å². The molecule has 5 heteroatoms. The van der Waals surface area contributed by atoms with Crippen molar-refractivity contribution in [3.63, 3.8) is 0 Å². The summed E-state index contributed by atoms with van der Waals surface area (Å²) < 4.78 is 5.48. The van der Waals surface area contributed by atoms with Gasteiger partial charge >= 0.3 is 0 Å². The van der Waals surface area contributed by atoms with Gasteiger partial charge in [0.05, 0.1) is 5.69 Å². The Morgan fingerprint density at radius 1 is 1.32 bits per heavy atom. The molecule has 2 aliphatic rings. The maximum Gasteiger partial charge on any atom is 0.154 e. The van der Waals surface area contributed by atoms with Gasteiger partial charge in [-0.15, -0.1) is 0 Å². The van der Waals surface area contributed by atoms with E-state index in [-0.39, 0.29) is 0 Å². The highest BCUT2D eigenvalue weighted by Gasteiger charge is 2.33. The number of hydrogen-bond donors (Lipinski definition) is 0. The van der Waals surface area contributed by atoms with Crippen LogP contribution in [0.5, 0.6) is 0 Å².